The van der Waals surface area contributed by atoms with E-state index in [4.69, 9.17) is 9.47 Å². The Morgan fingerprint density at radius 3 is 2.33 bits per heavy atom. The summed E-state index contributed by atoms with van der Waals surface area (Å²) < 4.78 is 10.6. The van der Waals surface area contributed by atoms with Crippen LogP contribution in [-0.4, -0.2) is 64.9 Å². The summed E-state index contributed by atoms with van der Waals surface area (Å²) in [6.07, 6.45) is 7.24. The van der Waals surface area contributed by atoms with Crippen LogP contribution in [0.3, 0.4) is 0 Å². The largest absolute Gasteiger partial charge is 0.504 e. The summed E-state index contributed by atoms with van der Waals surface area (Å²) in [5.41, 5.74) is -0.207. The maximum Gasteiger partial charge on any atom is 0.223 e. The molecule has 0 aromatic heterocycles. The molecule has 1 saturated heterocycles. The number of hydrogen-bond acceptors (Lipinski definition) is 8. The molecule has 3 fully saturated rings. The van der Waals surface area contributed by atoms with Gasteiger partial charge in [0, 0.05) is 30.6 Å². The zero-order valence-corrected chi connectivity index (χ0v) is 25.2. The molecule has 42 heavy (non-hydrogen) atoms. The molecule has 2 aliphatic carbocycles. The fourth-order valence-electron chi connectivity index (χ4n) is 6.62. The van der Waals surface area contributed by atoms with E-state index < -0.39 is 29.4 Å². The number of rotatable bonds is 15. The number of phenolic OH excluding ortho intramolecular Hbond substituents is 1. The van der Waals surface area contributed by atoms with Gasteiger partial charge in [0.25, 0.3) is 0 Å². The minimum absolute atomic E-state index is 0.000914. The summed E-state index contributed by atoms with van der Waals surface area (Å²) >= 11 is 0. The van der Waals surface area contributed by atoms with Gasteiger partial charge in [0.2, 0.25) is 5.91 Å². The van der Waals surface area contributed by atoms with Gasteiger partial charge in [-0.1, -0.05) is 38.7 Å². The Morgan fingerprint density at radius 2 is 1.74 bits per heavy atom. The number of aromatic hydroxyl groups is 1. The number of aliphatic hydroxyl groups is 1. The van der Waals surface area contributed by atoms with E-state index in [2.05, 4.69) is 5.32 Å². The summed E-state index contributed by atoms with van der Waals surface area (Å²) in [4.78, 5) is 53.5. The Balaban J connectivity index is 1.47. The van der Waals surface area contributed by atoms with Gasteiger partial charge in [0.15, 0.2) is 23.1 Å². The zero-order chi connectivity index (χ0) is 30.4. The van der Waals surface area contributed by atoms with Crippen LogP contribution < -0.4 is 10.1 Å². The van der Waals surface area contributed by atoms with Crippen molar-refractivity contribution in [2.45, 2.75) is 109 Å². The van der Waals surface area contributed by atoms with Crippen LogP contribution in [0.2, 0.25) is 0 Å². The summed E-state index contributed by atoms with van der Waals surface area (Å²) in [7, 11) is 1.45. The smallest absolute Gasteiger partial charge is 0.223 e. The van der Waals surface area contributed by atoms with E-state index >= 15 is 0 Å². The Labute approximate surface area is 248 Å². The topological polar surface area (TPSA) is 143 Å². The van der Waals surface area contributed by atoms with Crippen LogP contribution in [0.15, 0.2) is 18.2 Å². The molecule has 2 saturated carbocycles. The number of nitrogens with one attached hydrogen (secondary N) is 1. The lowest BCUT2D eigenvalue weighted by Crippen LogP contribution is -2.46. The second-order valence-corrected chi connectivity index (χ2v) is 13.0. The Kier molecular flexibility index (Phi) is 10.8. The SMILES string of the molecule is COc1ccc(C[C@H](NC(=O)[C@@H](C)CC(=O)C2CCC(O)CC2)C(=O)C[C@@H](CC2CCCC2)C(=O)[C@@]2(C)CO2)cc1O. The van der Waals surface area contributed by atoms with Crippen molar-refractivity contribution in [1.29, 1.82) is 0 Å². The van der Waals surface area contributed by atoms with Gasteiger partial charge in [-0.05, 0) is 69.1 Å². The zero-order valence-electron chi connectivity index (χ0n) is 25.2. The predicted molar refractivity (Wildman–Crippen MR) is 156 cm³/mol. The minimum atomic E-state index is -0.931. The Morgan fingerprint density at radius 1 is 1.07 bits per heavy atom. The second kappa shape index (κ2) is 14.1. The van der Waals surface area contributed by atoms with E-state index in [1.54, 1.807) is 26.0 Å². The molecule has 0 radical (unpaired) electrons. The number of ketones is 3. The quantitative estimate of drug-likeness (QED) is 0.261. The number of Topliss-reactive ketones (excluding diaryl/α,β-unsaturated/α-hetero) is 3. The first-order valence-corrected chi connectivity index (χ1v) is 15.6. The van der Waals surface area contributed by atoms with Crippen molar-refractivity contribution in [3.05, 3.63) is 23.8 Å². The normalized spacial score (nSPS) is 26.2. The second-order valence-electron chi connectivity index (χ2n) is 13.0. The molecule has 3 N–H and O–H groups in total. The summed E-state index contributed by atoms with van der Waals surface area (Å²) in [6, 6.07) is 3.92. The fraction of sp³-hybridized carbons (Fsp3) is 0.697. The third-order valence-electron chi connectivity index (χ3n) is 9.50. The predicted octanol–water partition coefficient (Wildman–Crippen LogP) is 4.09. The number of ether oxygens (including phenoxy) is 2. The lowest BCUT2D eigenvalue weighted by Gasteiger charge is -2.26. The molecule has 1 aliphatic heterocycles. The lowest BCUT2D eigenvalue weighted by atomic mass is 9.81. The first-order valence-electron chi connectivity index (χ1n) is 15.6. The minimum Gasteiger partial charge on any atom is -0.504 e. The molecule has 1 aromatic carbocycles. The van der Waals surface area contributed by atoms with Gasteiger partial charge in [-0.25, -0.2) is 0 Å². The highest BCUT2D eigenvalue weighted by Crippen LogP contribution is 2.38. The highest BCUT2D eigenvalue weighted by Gasteiger charge is 2.50. The molecule has 4 rings (SSSR count). The highest BCUT2D eigenvalue weighted by atomic mass is 16.6. The molecule has 1 heterocycles. The summed E-state index contributed by atoms with van der Waals surface area (Å²) in [5, 5.41) is 23.0. The number of carbonyl (C=O) groups is 4. The molecule has 9 nitrogen and oxygen atoms in total. The molecule has 0 unspecified atom stereocenters. The van der Waals surface area contributed by atoms with E-state index in [-0.39, 0.29) is 54.4 Å². The number of epoxide rings is 1. The molecule has 1 aromatic rings. The fourth-order valence-corrected chi connectivity index (χ4v) is 6.62. The molecule has 9 heteroatoms. The van der Waals surface area contributed by atoms with Gasteiger partial charge in [0.1, 0.15) is 11.4 Å². The summed E-state index contributed by atoms with van der Waals surface area (Å²) in [6.45, 7) is 3.81. The molecule has 232 valence electrons. The average Bonchev–Trinajstić information content (AvgIpc) is 3.50. The standard InChI is InChI=1S/C33H47NO8/c1-20(14-27(36)23-9-11-25(35)12-10-23)32(40)34-26(16-22-8-13-30(41-3)29(38)17-22)28(37)18-24(15-21-6-4-5-7-21)31(39)33(2)19-42-33/h8,13,17,20-21,23-26,35,38H,4-7,9-12,14-16,18-19H2,1-3H3,(H,34,40)/t20-,23?,24+,25?,26-,33+/m0/s1. The van der Waals surface area contributed by atoms with Crippen LogP contribution in [0, 0.1) is 23.7 Å². The average molecular weight is 586 g/mol. The van der Waals surface area contributed by atoms with Gasteiger partial charge in [0.05, 0.1) is 25.9 Å². The first-order chi connectivity index (χ1) is 20.0. The van der Waals surface area contributed by atoms with Crippen LogP contribution in [0.25, 0.3) is 0 Å². The highest BCUT2D eigenvalue weighted by molar-refractivity contribution is 5.97. The van der Waals surface area contributed by atoms with Crippen molar-refractivity contribution in [3.8, 4) is 11.5 Å². The maximum absolute atomic E-state index is 13.9. The van der Waals surface area contributed by atoms with E-state index in [0.717, 1.165) is 25.7 Å². The van der Waals surface area contributed by atoms with Crippen molar-refractivity contribution in [2.24, 2.45) is 23.7 Å². The number of amides is 1. The number of phenols is 1. The van der Waals surface area contributed by atoms with Gasteiger partial charge in [-0.15, -0.1) is 0 Å². The van der Waals surface area contributed by atoms with Crippen molar-refractivity contribution >= 4 is 23.3 Å². The Bertz CT molecular complexity index is 1130. The maximum atomic E-state index is 13.9. The van der Waals surface area contributed by atoms with Crippen molar-refractivity contribution in [2.75, 3.05) is 13.7 Å². The molecule has 0 bridgehead atoms. The van der Waals surface area contributed by atoms with Crippen molar-refractivity contribution in [3.63, 3.8) is 0 Å². The Hall–Kier alpha value is -2.78. The van der Waals surface area contributed by atoms with Crippen LogP contribution in [0.5, 0.6) is 11.5 Å². The van der Waals surface area contributed by atoms with Crippen molar-refractivity contribution in [1.82, 2.24) is 5.32 Å². The molecule has 4 atom stereocenters. The van der Waals surface area contributed by atoms with Gasteiger partial charge >= 0.3 is 0 Å². The lowest BCUT2D eigenvalue weighted by molar-refractivity contribution is -0.135. The van der Waals surface area contributed by atoms with Crippen molar-refractivity contribution < 1.29 is 38.9 Å². The van der Waals surface area contributed by atoms with E-state index in [0.29, 0.717) is 55.9 Å². The molecular weight excluding hydrogens is 538 g/mol. The number of hydrogen-bond donors (Lipinski definition) is 3. The van der Waals surface area contributed by atoms with E-state index in [1.165, 1.54) is 13.2 Å². The van der Waals surface area contributed by atoms with E-state index in [1.807, 2.05) is 0 Å². The van der Waals surface area contributed by atoms with Crippen LogP contribution in [0.1, 0.15) is 90.0 Å². The third-order valence-corrected chi connectivity index (χ3v) is 9.50. The molecule has 1 amide bonds. The number of aliphatic hydroxyl groups excluding tert-OH is 1. The number of methoxy groups -OCH3 is 1. The van der Waals surface area contributed by atoms with Crippen LogP contribution >= 0.6 is 0 Å². The summed E-state index contributed by atoms with van der Waals surface area (Å²) in [5.74, 6) is -1.35. The number of carbonyl (C=O) groups excluding carboxylic acids is 4. The molecule has 0 spiro atoms. The third kappa shape index (κ3) is 8.40. The van der Waals surface area contributed by atoms with Gasteiger partial charge in [-0.2, -0.15) is 0 Å². The van der Waals surface area contributed by atoms with Gasteiger partial charge in [-0.3, -0.25) is 19.2 Å². The van der Waals surface area contributed by atoms with Crippen LogP contribution in [0.4, 0.5) is 0 Å². The first kappa shape index (κ1) is 32.1. The monoisotopic (exact) mass is 585 g/mol. The number of benzene rings is 1. The van der Waals surface area contributed by atoms with Gasteiger partial charge < -0.3 is 25.0 Å². The van der Waals surface area contributed by atoms with Crippen LogP contribution in [-0.2, 0) is 30.3 Å². The molecule has 3 aliphatic rings. The molecular formula is C33H47NO8. The van der Waals surface area contributed by atoms with E-state index in [9.17, 15) is 29.4 Å².